The fourth-order valence-corrected chi connectivity index (χ4v) is 4.56. The first-order valence-corrected chi connectivity index (χ1v) is 10.5. The first-order chi connectivity index (χ1) is 15.9. The van der Waals surface area contributed by atoms with Crippen LogP contribution in [0.1, 0.15) is 30.7 Å². The lowest BCUT2D eigenvalue weighted by Crippen LogP contribution is -2.38. The summed E-state index contributed by atoms with van der Waals surface area (Å²) < 4.78 is 30.0. The van der Waals surface area contributed by atoms with Crippen molar-refractivity contribution in [1.82, 2.24) is 0 Å². The van der Waals surface area contributed by atoms with Gasteiger partial charge in [-0.15, -0.1) is 0 Å². The summed E-state index contributed by atoms with van der Waals surface area (Å²) in [5, 5.41) is 10.2. The van der Waals surface area contributed by atoms with E-state index in [0.717, 1.165) is 0 Å². The number of hydrogen-bond acceptors (Lipinski definition) is 7. The van der Waals surface area contributed by atoms with Gasteiger partial charge < -0.3 is 19.9 Å². The number of rotatable bonds is 5. The lowest BCUT2D eigenvalue weighted by atomic mass is 9.75. The smallest absolute Gasteiger partial charge is 0.164 e. The quantitative estimate of drug-likeness (QED) is 0.732. The Kier molecular flexibility index (Phi) is 5.97. The molecule has 4 rings (SSSR count). The minimum Gasteiger partial charge on any atom is -0.496 e. The SMILES string of the molecule is COc1cc(OC)c([C@H]2C(C#N)=C(N)N(c3ccc(F)cc3)C3=C2C(=O)CCC3)cc1OC. The van der Waals surface area contributed by atoms with E-state index in [1.54, 1.807) is 29.2 Å². The molecule has 2 aromatic rings. The molecule has 1 heterocycles. The summed E-state index contributed by atoms with van der Waals surface area (Å²) in [6.07, 6.45) is 1.60. The third-order valence-corrected chi connectivity index (χ3v) is 6.05. The number of methoxy groups -OCH3 is 3. The molecule has 0 fully saturated rings. The maximum atomic E-state index is 13.6. The standard InChI is InChI=1S/C25H24FN3O4/c1-31-20-12-22(33-3)21(32-2)11-16(20)23-17(13-27)25(28)29(15-9-7-14(26)8-10-15)18-5-4-6-19(30)24(18)23/h7-12,23H,4-6,28H2,1-3H3/t23-/m0/s1. The highest BCUT2D eigenvalue weighted by Crippen LogP contribution is 2.50. The summed E-state index contributed by atoms with van der Waals surface area (Å²) in [7, 11) is 4.54. The number of benzene rings is 2. The van der Waals surface area contributed by atoms with Crippen LogP contribution >= 0.6 is 0 Å². The van der Waals surface area contributed by atoms with Gasteiger partial charge in [0.15, 0.2) is 17.3 Å². The minimum atomic E-state index is -0.732. The van der Waals surface area contributed by atoms with E-state index in [0.29, 0.717) is 59.0 Å². The van der Waals surface area contributed by atoms with E-state index in [2.05, 4.69) is 6.07 Å². The van der Waals surface area contributed by atoms with Crippen molar-refractivity contribution in [2.75, 3.05) is 26.2 Å². The van der Waals surface area contributed by atoms with Crippen molar-refractivity contribution in [3.05, 3.63) is 70.4 Å². The van der Waals surface area contributed by atoms with Gasteiger partial charge in [-0.25, -0.2) is 4.39 Å². The molecule has 0 amide bonds. The molecule has 1 aliphatic heterocycles. The minimum absolute atomic E-state index is 0.0644. The van der Waals surface area contributed by atoms with Crippen LogP contribution in [-0.4, -0.2) is 27.1 Å². The third kappa shape index (κ3) is 3.65. The highest BCUT2D eigenvalue weighted by atomic mass is 19.1. The number of anilines is 1. The molecule has 2 aromatic carbocycles. The fraction of sp³-hybridized carbons (Fsp3) is 0.280. The molecule has 0 radical (unpaired) electrons. The Morgan fingerprint density at radius 3 is 2.27 bits per heavy atom. The van der Waals surface area contributed by atoms with Crippen molar-refractivity contribution in [2.24, 2.45) is 5.73 Å². The zero-order valence-corrected chi connectivity index (χ0v) is 18.6. The van der Waals surface area contributed by atoms with E-state index in [-0.39, 0.29) is 23.0 Å². The molecular weight excluding hydrogens is 425 g/mol. The number of carbonyl (C=O) groups is 1. The maximum absolute atomic E-state index is 13.6. The average Bonchev–Trinajstić information content (AvgIpc) is 2.83. The van der Waals surface area contributed by atoms with E-state index in [1.807, 2.05) is 0 Å². The van der Waals surface area contributed by atoms with Crippen molar-refractivity contribution < 1.29 is 23.4 Å². The molecule has 0 saturated carbocycles. The van der Waals surface area contributed by atoms with Crippen LogP contribution < -0.4 is 24.8 Å². The molecule has 0 saturated heterocycles. The monoisotopic (exact) mass is 449 g/mol. The van der Waals surface area contributed by atoms with Crippen LogP contribution in [0.2, 0.25) is 0 Å². The Balaban J connectivity index is 2.00. The number of nitriles is 1. The molecule has 8 heteroatoms. The molecule has 33 heavy (non-hydrogen) atoms. The number of Topliss-reactive ketones (excluding diaryl/α,β-unsaturated/α-hetero) is 1. The van der Waals surface area contributed by atoms with Crippen LogP contribution in [0.4, 0.5) is 10.1 Å². The van der Waals surface area contributed by atoms with Gasteiger partial charge in [-0.2, -0.15) is 5.26 Å². The summed E-state index contributed by atoms with van der Waals surface area (Å²) in [4.78, 5) is 15.0. The Hall–Kier alpha value is -3.99. The van der Waals surface area contributed by atoms with Crippen LogP contribution in [0.15, 0.2) is 59.1 Å². The van der Waals surface area contributed by atoms with E-state index in [1.165, 1.54) is 33.5 Å². The molecule has 0 aromatic heterocycles. The Morgan fingerprint density at radius 2 is 1.67 bits per heavy atom. The molecule has 7 nitrogen and oxygen atoms in total. The average molecular weight is 449 g/mol. The van der Waals surface area contributed by atoms with Gasteiger partial charge in [0.25, 0.3) is 0 Å². The highest BCUT2D eigenvalue weighted by Gasteiger charge is 2.41. The summed E-state index contributed by atoms with van der Waals surface area (Å²) in [5.41, 5.74) is 9.11. The van der Waals surface area contributed by atoms with Crippen LogP contribution in [0.25, 0.3) is 0 Å². The number of carbonyl (C=O) groups excluding carboxylic acids is 1. The number of allylic oxidation sites excluding steroid dienone is 3. The van der Waals surface area contributed by atoms with E-state index >= 15 is 0 Å². The van der Waals surface area contributed by atoms with Crippen molar-refractivity contribution in [3.8, 4) is 23.3 Å². The van der Waals surface area contributed by atoms with Crippen LogP contribution in [0.5, 0.6) is 17.2 Å². The Labute approximate surface area is 191 Å². The summed E-state index contributed by atoms with van der Waals surface area (Å²) in [5.74, 6) is 0.352. The Morgan fingerprint density at radius 1 is 1.03 bits per heavy atom. The van der Waals surface area contributed by atoms with E-state index < -0.39 is 5.92 Å². The molecule has 2 N–H and O–H groups in total. The topological polar surface area (TPSA) is 97.8 Å². The molecule has 0 bridgehead atoms. The van der Waals surface area contributed by atoms with Gasteiger partial charge in [0.2, 0.25) is 0 Å². The van der Waals surface area contributed by atoms with Gasteiger partial charge in [0.1, 0.15) is 17.4 Å². The molecule has 1 atom stereocenters. The number of nitrogens with two attached hydrogens (primary N) is 1. The van der Waals surface area contributed by atoms with Crippen LogP contribution in [0.3, 0.4) is 0 Å². The van der Waals surface area contributed by atoms with Crippen molar-refractivity contribution in [2.45, 2.75) is 25.2 Å². The van der Waals surface area contributed by atoms with E-state index in [4.69, 9.17) is 19.9 Å². The van der Waals surface area contributed by atoms with Gasteiger partial charge in [-0.3, -0.25) is 9.69 Å². The van der Waals surface area contributed by atoms with Crippen LogP contribution in [-0.2, 0) is 4.79 Å². The summed E-state index contributed by atoms with van der Waals surface area (Å²) in [6.45, 7) is 0. The summed E-state index contributed by atoms with van der Waals surface area (Å²) >= 11 is 0. The molecule has 170 valence electrons. The normalized spacial score (nSPS) is 18.1. The third-order valence-electron chi connectivity index (χ3n) is 6.05. The number of ether oxygens (including phenoxy) is 3. The second kappa shape index (κ2) is 8.87. The number of hydrogen-bond donors (Lipinski definition) is 1. The molecule has 1 aliphatic carbocycles. The number of halogens is 1. The van der Waals surface area contributed by atoms with Crippen LogP contribution in [0, 0.1) is 17.1 Å². The van der Waals surface area contributed by atoms with Gasteiger partial charge >= 0.3 is 0 Å². The molecule has 0 unspecified atom stereocenters. The first kappa shape index (κ1) is 22.2. The maximum Gasteiger partial charge on any atom is 0.164 e. The van der Waals surface area contributed by atoms with E-state index in [9.17, 15) is 14.4 Å². The van der Waals surface area contributed by atoms with Gasteiger partial charge in [0, 0.05) is 35.0 Å². The fourth-order valence-electron chi connectivity index (χ4n) is 4.56. The van der Waals surface area contributed by atoms with Crippen molar-refractivity contribution >= 4 is 11.5 Å². The first-order valence-electron chi connectivity index (χ1n) is 10.5. The Bertz CT molecular complexity index is 1210. The van der Waals surface area contributed by atoms with Gasteiger partial charge in [-0.1, -0.05) is 0 Å². The second-order valence-electron chi connectivity index (χ2n) is 7.74. The largest absolute Gasteiger partial charge is 0.496 e. The molecular formula is C25H24FN3O4. The lowest BCUT2D eigenvalue weighted by Gasteiger charge is -2.40. The lowest BCUT2D eigenvalue weighted by molar-refractivity contribution is -0.116. The molecule has 0 spiro atoms. The number of ketones is 1. The predicted molar refractivity (Wildman–Crippen MR) is 120 cm³/mol. The summed E-state index contributed by atoms with van der Waals surface area (Å²) in [6, 6.07) is 11.4. The zero-order chi connectivity index (χ0) is 23.7. The molecule has 2 aliphatic rings. The number of nitrogens with zero attached hydrogens (tertiary/aromatic N) is 2. The highest BCUT2D eigenvalue weighted by molar-refractivity contribution is 6.01. The zero-order valence-electron chi connectivity index (χ0n) is 18.6. The van der Waals surface area contributed by atoms with Gasteiger partial charge in [-0.05, 0) is 43.2 Å². The predicted octanol–water partition coefficient (Wildman–Crippen LogP) is 4.16. The van der Waals surface area contributed by atoms with Crippen molar-refractivity contribution in [3.63, 3.8) is 0 Å². The second-order valence-corrected chi connectivity index (χ2v) is 7.74. The van der Waals surface area contributed by atoms with Crippen molar-refractivity contribution in [1.29, 1.82) is 5.26 Å². The van der Waals surface area contributed by atoms with Gasteiger partial charge in [0.05, 0.1) is 38.9 Å².